The highest BCUT2D eigenvalue weighted by atomic mass is 32.2. The van der Waals surface area contributed by atoms with Gasteiger partial charge in [0.2, 0.25) is 5.91 Å². The second kappa shape index (κ2) is 8.36. The van der Waals surface area contributed by atoms with E-state index in [1.54, 1.807) is 18.2 Å². The van der Waals surface area contributed by atoms with E-state index in [9.17, 15) is 14.9 Å². The minimum Gasteiger partial charge on any atom is -0.349 e. The van der Waals surface area contributed by atoms with Crippen LogP contribution < -0.4 is 10.6 Å². The van der Waals surface area contributed by atoms with Crippen molar-refractivity contribution in [3.05, 3.63) is 46.8 Å². The summed E-state index contributed by atoms with van der Waals surface area (Å²) in [4.78, 5) is 25.1. The van der Waals surface area contributed by atoms with Gasteiger partial charge in [-0.2, -0.15) is 5.26 Å². The summed E-state index contributed by atoms with van der Waals surface area (Å²) < 4.78 is 2.18. The first-order valence-corrected chi connectivity index (χ1v) is 10.1. The molecule has 1 aliphatic heterocycles. The number of benzene rings is 1. The molecule has 0 saturated carbocycles. The molecule has 2 aromatic rings. The number of fused-ring (bicyclic) bond motifs is 1. The summed E-state index contributed by atoms with van der Waals surface area (Å²) in [6.07, 6.45) is 2.64. The van der Waals surface area contributed by atoms with Crippen molar-refractivity contribution < 1.29 is 9.59 Å². The van der Waals surface area contributed by atoms with E-state index >= 15 is 0 Å². The standard InChI is InChI=1S/C21H22N4O2S/c1-4-7-25-13(2)8-15(14(25)3)9-16(11-22)21(27)23-17-5-6-19-18(10-17)24-20(26)12-28-19/h5-6,8-10H,4,7,12H2,1-3H3,(H,23,27)(H,24,26)/b16-9+. The molecule has 28 heavy (non-hydrogen) atoms. The van der Waals surface area contributed by atoms with Crippen LogP contribution in [0.3, 0.4) is 0 Å². The Kier molecular flexibility index (Phi) is 5.90. The maximum absolute atomic E-state index is 12.6. The van der Waals surface area contributed by atoms with Gasteiger partial charge in [0, 0.05) is 28.5 Å². The smallest absolute Gasteiger partial charge is 0.266 e. The number of aryl methyl sites for hydroxylation is 1. The van der Waals surface area contributed by atoms with Crippen LogP contribution in [0.2, 0.25) is 0 Å². The van der Waals surface area contributed by atoms with Crippen molar-refractivity contribution in [2.75, 3.05) is 16.4 Å². The molecule has 0 aliphatic carbocycles. The number of carbonyl (C=O) groups is 2. The number of anilines is 2. The Hall–Kier alpha value is -2.98. The lowest BCUT2D eigenvalue weighted by Crippen LogP contribution is -2.19. The highest BCUT2D eigenvalue weighted by molar-refractivity contribution is 8.00. The average molecular weight is 395 g/mol. The zero-order valence-corrected chi connectivity index (χ0v) is 16.9. The van der Waals surface area contributed by atoms with Gasteiger partial charge in [-0.05, 0) is 56.2 Å². The van der Waals surface area contributed by atoms with Crippen LogP contribution in [0.15, 0.2) is 34.7 Å². The summed E-state index contributed by atoms with van der Waals surface area (Å²) in [6, 6.07) is 9.31. The summed E-state index contributed by atoms with van der Waals surface area (Å²) in [7, 11) is 0. The Labute approximate surface area is 168 Å². The van der Waals surface area contributed by atoms with Gasteiger partial charge in [0.15, 0.2) is 0 Å². The molecule has 0 atom stereocenters. The van der Waals surface area contributed by atoms with E-state index in [0.29, 0.717) is 17.1 Å². The van der Waals surface area contributed by atoms with E-state index in [-0.39, 0.29) is 11.5 Å². The van der Waals surface area contributed by atoms with Crippen molar-refractivity contribution in [3.8, 4) is 6.07 Å². The molecule has 3 rings (SSSR count). The van der Waals surface area contributed by atoms with Crippen molar-refractivity contribution in [3.63, 3.8) is 0 Å². The average Bonchev–Trinajstić information content (AvgIpc) is 2.93. The highest BCUT2D eigenvalue weighted by Gasteiger charge is 2.17. The predicted octanol–water partition coefficient (Wildman–Crippen LogP) is 4.10. The summed E-state index contributed by atoms with van der Waals surface area (Å²) in [6.45, 7) is 7.03. The van der Waals surface area contributed by atoms with Crippen LogP contribution in [0.5, 0.6) is 0 Å². The molecule has 7 heteroatoms. The monoisotopic (exact) mass is 394 g/mol. The zero-order chi connectivity index (χ0) is 20.3. The number of carbonyl (C=O) groups excluding carboxylic acids is 2. The zero-order valence-electron chi connectivity index (χ0n) is 16.1. The normalized spacial score (nSPS) is 13.5. The number of aromatic nitrogens is 1. The lowest BCUT2D eigenvalue weighted by molar-refractivity contribution is -0.114. The third kappa shape index (κ3) is 4.12. The molecule has 1 aromatic carbocycles. The number of amides is 2. The molecule has 2 amide bonds. The number of thioether (sulfide) groups is 1. The Morgan fingerprint density at radius 1 is 1.39 bits per heavy atom. The molecular weight excluding hydrogens is 372 g/mol. The molecule has 0 saturated heterocycles. The van der Waals surface area contributed by atoms with Gasteiger partial charge < -0.3 is 15.2 Å². The molecular formula is C21H22N4O2S. The van der Waals surface area contributed by atoms with Crippen LogP contribution in [-0.4, -0.2) is 22.1 Å². The van der Waals surface area contributed by atoms with Crippen molar-refractivity contribution in [1.82, 2.24) is 4.57 Å². The van der Waals surface area contributed by atoms with Gasteiger partial charge >= 0.3 is 0 Å². The van der Waals surface area contributed by atoms with Crippen molar-refractivity contribution >= 4 is 41.0 Å². The number of nitrogens with zero attached hydrogens (tertiary/aromatic N) is 2. The van der Waals surface area contributed by atoms with E-state index in [0.717, 1.165) is 34.8 Å². The largest absolute Gasteiger partial charge is 0.349 e. The number of nitriles is 1. The molecule has 2 N–H and O–H groups in total. The minimum absolute atomic E-state index is 0.0351. The van der Waals surface area contributed by atoms with Gasteiger partial charge in [0.1, 0.15) is 11.6 Å². The molecule has 0 bridgehead atoms. The van der Waals surface area contributed by atoms with Crippen LogP contribution >= 0.6 is 11.8 Å². The van der Waals surface area contributed by atoms with Crippen molar-refractivity contribution in [1.29, 1.82) is 5.26 Å². The third-order valence-corrected chi connectivity index (χ3v) is 5.67. The summed E-state index contributed by atoms with van der Waals surface area (Å²) in [5, 5.41) is 15.0. The maximum Gasteiger partial charge on any atom is 0.266 e. The predicted molar refractivity (Wildman–Crippen MR) is 112 cm³/mol. The van der Waals surface area contributed by atoms with E-state index in [1.165, 1.54) is 11.8 Å². The molecule has 1 aliphatic rings. The first-order chi connectivity index (χ1) is 13.4. The van der Waals surface area contributed by atoms with Gasteiger partial charge in [-0.3, -0.25) is 9.59 Å². The van der Waals surface area contributed by atoms with E-state index in [2.05, 4.69) is 22.1 Å². The van der Waals surface area contributed by atoms with Crippen LogP contribution in [0.1, 0.15) is 30.3 Å². The molecule has 144 valence electrons. The van der Waals surface area contributed by atoms with Gasteiger partial charge in [-0.25, -0.2) is 0 Å². The molecule has 0 radical (unpaired) electrons. The quantitative estimate of drug-likeness (QED) is 0.590. The fourth-order valence-electron chi connectivity index (χ4n) is 3.20. The Balaban J connectivity index is 1.82. The van der Waals surface area contributed by atoms with Crippen molar-refractivity contribution in [2.45, 2.75) is 38.6 Å². The second-order valence-corrected chi connectivity index (χ2v) is 7.67. The third-order valence-electron chi connectivity index (χ3n) is 4.60. The molecule has 6 nitrogen and oxygen atoms in total. The van der Waals surface area contributed by atoms with Crippen molar-refractivity contribution in [2.24, 2.45) is 0 Å². The summed E-state index contributed by atoms with van der Waals surface area (Å²) in [5.74, 6) is -0.158. The Bertz CT molecular complexity index is 1010. The molecule has 0 spiro atoms. The Morgan fingerprint density at radius 3 is 2.89 bits per heavy atom. The number of hydrogen-bond acceptors (Lipinski definition) is 4. The molecule has 1 aromatic heterocycles. The van der Waals surface area contributed by atoms with Gasteiger partial charge in [0.25, 0.3) is 5.91 Å². The Morgan fingerprint density at radius 2 is 2.18 bits per heavy atom. The van der Waals surface area contributed by atoms with Gasteiger partial charge in [0.05, 0.1) is 11.4 Å². The lowest BCUT2D eigenvalue weighted by Gasteiger charge is -2.17. The summed E-state index contributed by atoms with van der Waals surface area (Å²) >= 11 is 1.46. The molecule has 2 heterocycles. The van der Waals surface area contributed by atoms with E-state index in [4.69, 9.17) is 0 Å². The topological polar surface area (TPSA) is 86.9 Å². The number of hydrogen-bond donors (Lipinski definition) is 2. The minimum atomic E-state index is -0.475. The van der Waals surface area contributed by atoms with Crippen LogP contribution in [0, 0.1) is 25.2 Å². The SMILES string of the molecule is CCCn1c(C)cc(/C=C(\C#N)C(=O)Nc2ccc3c(c2)NC(=O)CS3)c1C. The van der Waals surface area contributed by atoms with Crippen LogP contribution in [0.25, 0.3) is 6.08 Å². The lowest BCUT2D eigenvalue weighted by atomic mass is 10.1. The maximum atomic E-state index is 12.6. The summed E-state index contributed by atoms with van der Waals surface area (Å²) in [5.41, 5.74) is 4.24. The van der Waals surface area contributed by atoms with Gasteiger partial charge in [-0.15, -0.1) is 11.8 Å². The fourth-order valence-corrected chi connectivity index (χ4v) is 3.99. The fraction of sp³-hybridized carbons (Fsp3) is 0.286. The van der Waals surface area contributed by atoms with E-state index in [1.807, 2.05) is 32.0 Å². The number of rotatable bonds is 5. The van der Waals surface area contributed by atoms with E-state index < -0.39 is 5.91 Å². The van der Waals surface area contributed by atoms with Crippen LogP contribution in [-0.2, 0) is 16.1 Å². The highest BCUT2D eigenvalue weighted by Crippen LogP contribution is 2.33. The van der Waals surface area contributed by atoms with Crippen LogP contribution in [0.4, 0.5) is 11.4 Å². The van der Waals surface area contributed by atoms with Gasteiger partial charge in [-0.1, -0.05) is 6.92 Å². The molecule has 0 unspecified atom stereocenters. The molecule has 0 fully saturated rings. The second-order valence-electron chi connectivity index (χ2n) is 6.65. The first kappa shape index (κ1) is 19.8. The number of nitrogens with one attached hydrogen (secondary N) is 2. The first-order valence-electron chi connectivity index (χ1n) is 9.09.